The molecule has 0 unspecified atom stereocenters. The molecule has 1 N–H and O–H groups in total. The second kappa shape index (κ2) is 7.60. The highest BCUT2D eigenvalue weighted by molar-refractivity contribution is 9.10. The first-order chi connectivity index (χ1) is 16.3. The van der Waals surface area contributed by atoms with E-state index in [0.29, 0.717) is 5.75 Å². The molecule has 2 aliphatic rings. The lowest BCUT2D eigenvalue weighted by molar-refractivity contribution is -0.132. The summed E-state index contributed by atoms with van der Waals surface area (Å²) in [4.78, 5) is 15.8. The summed E-state index contributed by atoms with van der Waals surface area (Å²) in [5.74, 6) is 0.597. The molecule has 0 saturated heterocycles. The first-order valence-corrected chi connectivity index (χ1v) is 12.8. The van der Waals surface area contributed by atoms with E-state index in [2.05, 4.69) is 75.7 Å². The van der Waals surface area contributed by atoms with Crippen LogP contribution < -0.4 is 9.64 Å². The number of phenolic OH excluding ortho intramolecular Hbond substituents is 1. The number of ether oxygens (including phenoxy) is 1. The third kappa shape index (κ3) is 3.42. The molecule has 0 saturated carbocycles. The molecular weight excluding hydrogens is 502 g/mol. The Morgan fingerprint density at radius 1 is 0.943 bits per heavy atom. The molecule has 2 aliphatic heterocycles. The van der Waals surface area contributed by atoms with Gasteiger partial charge in [0.05, 0.1) is 11.6 Å². The molecule has 0 aliphatic carbocycles. The number of benzene rings is 3. The summed E-state index contributed by atoms with van der Waals surface area (Å²) in [7, 11) is 1.81. The summed E-state index contributed by atoms with van der Waals surface area (Å²) in [5, 5.41) is 11.4. The summed E-state index contributed by atoms with van der Waals surface area (Å²) in [5.41, 5.74) is 3.61. The molecule has 0 bridgehead atoms. The lowest BCUT2D eigenvalue weighted by Crippen LogP contribution is -2.45. The number of nitrogens with zero attached hydrogens (tertiary/aromatic N) is 1. The number of aromatic hydroxyl groups is 1. The van der Waals surface area contributed by atoms with Crippen molar-refractivity contribution in [1.82, 2.24) is 0 Å². The van der Waals surface area contributed by atoms with Crippen molar-refractivity contribution in [2.24, 2.45) is 0 Å². The standard InChI is InChI=1S/C30H32BrNO3/c1-28(2,3)21-14-17(15-22(26(21)33)29(4,5)6)25-19-10-8-9-11-24(19)35-30(25)20-13-12-18(31)16-23(20)32(7)27(30)34/h8-16,25,33H,1-7H3/t25-,30+/m1/s1. The first kappa shape index (κ1) is 23.9. The minimum atomic E-state index is -1.21. The number of carbonyl (C=O) groups excluding carboxylic acids is 1. The van der Waals surface area contributed by atoms with Crippen molar-refractivity contribution in [3.05, 3.63) is 86.9 Å². The lowest BCUT2D eigenvalue weighted by atomic mass is 9.71. The number of fused-ring (bicyclic) bond motifs is 3. The topological polar surface area (TPSA) is 49.8 Å². The van der Waals surface area contributed by atoms with Gasteiger partial charge in [0.1, 0.15) is 11.5 Å². The smallest absolute Gasteiger partial charge is 0.276 e. The van der Waals surface area contributed by atoms with E-state index in [0.717, 1.165) is 43.7 Å². The Kier molecular flexibility index (Phi) is 5.20. The van der Waals surface area contributed by atoms with Gasteiger partial charge in [0.15, 0.2) is 0 Å². The van der Waals surface area contributed by atoms with E-state index < -0.39 is 5.60 Å². The molecule has 0 radical (unpaired) electrons. The Morgan fingerprint density at radius 2 is 1.54 bits per heavy atom. The number of halogens is 1. The summed E-state index contributed by atoms with van der Waals surface area (Å²) in [6.07, 6.45) is 0. The molecule has 3 aromatic carbocycles. The fraction of sp³-hybridized carbons (Fsp3) is 0.367. The predicted octanol–water partition coefficient (Wildman–Crippen LogP) is 7.15. The van der Waals surface area contributed by atoms with Gasteiger partial charge in [-0.2, -0.15) is 0 Å². The highest BCUT2D eigenvalue weighted by Crippen LogP contribution is 2.59. The van der Waals surface area contributed by atoms with Crippen LogP contribution in [0.4, 0.5) is 5.69 Å². The van der Waals surface area contributed by atoms with E-state index >= 15 is 0 Å². The number of carbonyl (C=O) groups is 1. The molecule has 5 heteroatoms. The van der Waals surface area contributed by atoms with Gasteiger partial charge in [0.25, 0.3) is 5.91 Å². The second-order valence-corrected chi connectivity index (χ2v) is 12.7. The number of phenols is 1. The number of anilines is 1. The van der Waals surface area contributed by atoms with Crippen molar-refractivity contribution >= 4 is 27.5 Å². The molecule has 182 valence electrons. The Morgan fingerprint density at radius 3 is 2.14 bits per heavy atom. The van der Waals surface area contributed by atoms with Gasteiger partial charge in [-0.25, -0.2) is 0 Å². The average molecular weight is 534 g/mol. The van der Waals surface area contributed by atoms with Crippen LogP contribution >= 0.6 is 15.9 Å². The van der Waals surface area contributed by atoms with Crippen LogP contribution in [0.1, 0.15) is 75.3 Å². The van der Waals surface area contributed by atoms with Gasteiger partial charge < -0.3 is 14.7 Å². The van der Waals surface area contributed by atoms with Gasteiger partial charge in [-0.15, -0.1) is 0 Å². The van der Waals surface area contributed by atoms with E-state index in [1.165, 1.54) is 0 Å². The number of rotatable bonds is 1. The quantitative estimate of drug-likeness (QED) is 0.361. The Hall–Kier alpha value is -2.79. The van der Waals surface area contributed by atoms with Gasteiger partial charge in [-0.1, -0.05) is 93.9 Å². The Labute approximate surface area is 216 Å². The fourth-order valence-electron chi connectivity index (χ4n) is 5.59. The van der Waals surface area contributed by atoms with Crippen LogP contribution in [0.2, 0.25) is 0 Å². The number of likely N-dealkylation sites (N-methyl/N-ethyl adjacent to an activating group) is 1. The van der Waals surface area contributed by atoms with Crippen LogP contribution in [0.5, 0.6) is 11.5 Å². The van der Waals surface area contributed by atoms with Crippen molar-refractivity contribution in [1.29, 1.82) is 0 Å². The molecule has 1 spiro atoms. The van der Waals surface area contributed by atoms with Crippen LogP contribution in [-0.2, 0) is 21.2 Å². The summed E-state index contributed by atoms with van der Waals surface area (Å²) >= 11 is 3.56. The SMILES string of the molecule is CN1C(=O)[C@]2(Oc3ccccc3[C@H]2c2cc(C(C)(C)C)c(O)c(C(C)(C)C)c2)c2ccc(Br)cc21. The summed E-state index contributed by atoms with van der Waals surface area (Å²) in [6, 6.07) is 18.0. The predicted molar refractivity (Wildman–Crippen MR) is 144 cm³/mol. The van der Waals surface area contributed by atoms with Crippen LogP contribution in [0.3, 0.4) is 0 Å². The number of hydrogen-bond donors (Lipinski definition) is 1. The second-order valence-electron chi connectivity index (χ2n) is 11.8. The van der Waals surface area contributed by atoms with Gasteiger partial charge in [-0.05, 0) is 45.7 Å². The maximum Gasteiger partial charge on any atom is 0.276 e. The molecule has 4 nitrogen and oxygen atoms in total. The average Bonchev–Trinajstić information content (AvgIpc) is 3.21. The summed E-state index contributed by atoms with van der Waals surface area (Å²) in [6.45, 7) is 12.6. The van der Waals surface area contributed by atoms with Crippen LogP contribution in [0.25, 0.3) is 0 Å². The third-order valence-electron chi connectivity index (χ3n) is 7.33. The minimum absolute atomic E-state index is 0.0884. The first-order valence-electron chi connectivity index (χ1n) is 12.0. The van der Waals surface area contributed by atoms with E-state index in [1.807, 2.05) is 43.4 Å². The van der Waals surface area contributed by atoms with Gasteiger partial charge >= 0.3 is 0 Å². The monoisotopic (exact) mass is 533 g/mol. The van der Waals surface area contributed by atoms with Crippen LogP contribution in [-0.4, -0.2) is 18.1 Å². The van der Waals surface area contributed by atoms with Gasteiger partial charge in [0.2, 0.25) is 5.60 Å². The van der Waals surface area contributed by atoms with Crippen LogP contribution in [0.15, 0.2) is 59.1 Å². The third-order valence-corrected chi connectivity index (χ3v) is 7.83. The van der Waals surface area contributed by atoms with Gasteiger partial charge in [0, 0.05) is 22.6 Å². The maximum absolute atomic E-state index is 14.1. The molecule has 1 amide bonds. The zero-order valence-corrected chi connectivity index (χ0v) is 22.9. The van der Waals surface area contributed by atoms with Crippen molar-refractivity contribution in [2.75, 3.05) is 11.9 Å². The van der Waals surface area contributed by atoms with E-state index in [9.17, 15) is 9.90 Å². The van der Waals surface area contributed by atoms with Crippen LogP contribution in [0, 0.1) is 0 Å². The van der Waals surface area contributed by atoms with Crippen molar-refractivity contribution in [2.45, 2.75) is 63.9 Å². The fourth-order valence-corrected chi connectivity index (χ4v) is 5.94. The van der Waals surface area contributed by atoms with Crippen molar-refractivity contribution in [3.63, 3.8) is 0 Å². The molecular formula is C30H32BrNO3. The highest BCUT2D eigenvalue weighted by atomic mass is 79.9. The van der Waals surface area contributed by atoms with E-state index in [-0.39, 0.29) is 22.7 Å². The van der Waals surface area contributed by atoms with E-state index in [4.69, 9.17) is 4.74 Å². The Bertz CT molecular complexity index is 1330. The van der Waals surface area contributed by atoms with Crippen molar-refractivity contribution in [3.8, 4) is 11.5 Å². The molecule has 2 heterocycles. The minimum Gasteiger partial charge on any atom is -0.507 e. The summed E-state index contributed by atoms with van der Waals surface area (Å²) < 4.78 is 7.60. The molecule has 35 heavy (non-hydrogen) atoms. The molecule has 5 rings (SSSR count). The zero-order chi connectivity index (χ0) is 25.5. The number of para-hydroxylation sites is 1. The van der Waals surface area contributed by atoms with E-state index in [1.54, 1.807) is 4.90 Å². The largest absolute Gasteiger partial charge is 0.507 e. The zero-order valence-electron chi connectivity index (χ0n) is 21.4. The molecule has 3 aromatic rings. The normalized spacial score (nSPS) is 21.3. The Balaban J connectivity index is 1.86. The molecule has 0 fully saturated rings. The maximum atomic E-state index is 14.1. The highest BCUT2D eigenvalue weighted by Gasteiger charge is 2.62. The molecule has 0 aromatic heterocycles. The molecule has 2 atom stereocenters. The van der Waals surface area contributed by atoms with Crippen molar-refractivity contribution < 1.29 is 14.6 Å². The van der Waals surface area contributed by atoms with Gasteiger partial charge in [-0.3, -0.25) is 4.79 Å². The number of amides is 1. The lowest BCUT2D eigenvalue weighted by Gasteiger charge is -2.33. The number of hydrogen-bond acceptors (Lipinski definition) is 3.